The van der Waals surface area contributed by atoms with Crippen molar-refractivity contribution in [3.8, 4) is 0 Å². The van der Waals surface area contributed by atoms with Gasteiger partial charge in [-0.05, 0) is 13.5 Å². The average molecular weight is 263 g/mol. The normalized spacial score (nSPS) is 12.8. The van der Waals surface area contributed by atoms with Crippen LogP contribution < -0.4 is 5.32 Å². The van der Waals surface area contributed by atoms with Gasteiger partial charge in [0.05, 0.1) is 45.7 Å². The Morgan fingerprint density at radius 3 is 2.11 bits per heavy atom. The van der Waals surface area contributed by atoms with Crippen molar-refractivity contribution in [3.05, 3.63) is 0 Å². The molecule has 0 saturated heterocycles. The van der Waals surface area contributed by atoms with Gasteiger partial charge in [0.2, 0.25) is 0 Å². The van der Waals surface area contributed by atoms with Crippen molar-refractivity contribution in [2.45, 2.75) is 25.9 Å². The van der Waals surface area contributed by atoms with Crippen molar-refractivity contribution >= 4 is 0 Å². The van der Waals surface area contributed by atoms with Crippen LogP contribution in [0, 0.1) is 0 Å². The Hall–Kier alpha value is -0.200. The predicted molar refractivity (Wildman–Crippen MR) is 72.1 cm³/mol. The molecular formula is C13H29NO4. The second-order valence-electron chi connectivity index (χ2n) is 4.06. The molecule has 0 aromatic rings. The van der Waals surface area contributed by atoms with E-state index >= 15 is 0 Å². The summed E-state index contributed by atoms with van der Waals surface area (Å²) in [6.07, 6.45) is 2.52. The van der Waals surface area contributed by atoms with Crippen LogP contribution in [0.1, 0.15) is 19.8 Å². The molecule has 0 aromatic heterocycles. The van der Waals surface area contributed by atoms with Crippen LogP contribution in [0.3, 0.4) is 0 Å². The molecule has 18 heavy (non-hydrogen) atoms. The zero-order chi connectivity index (χ0) is 13.5. The number of hydrogen-bond acceptors (Lipinski definition) is 5. The van der Waals surface area contributed by atoms with Crippen molar-refractivity contribution < 1.29 is 18.9 Å². The van der Waals surface area contributed by atoms with Crippen LogP contribution in [-0.2, 0) is 18.9 Å². The summed E-state index contributed by atoms with van der Waals surface area (Å²) in [6, 6.07) is 0. The first-order chi connectivity index (χ1) is 8.85. The first-order valence-corrected chi connectivity index (χ1v) is 6.75. The highest BCUT2D eigenvalue weighted by molar-refractivity contribution is 4.59. The smallest absolute Gasteiger partial charge is 0.0704 e. The molecule has 110 valence electrons. The number of ether oxygens (including phenoxy) is 4. The molecule has 0 fully saturated rings. The lowest BCUT2D eigenvalue weighted by Gasteiger charge is -2.16. The Bertz CT molecular complexity index is 152. The van der Waals surface area contributed by atoms with Gasteiger partial charge in [-0.2, -0.15) is 0 Å². The lowest BCUT2D eigenvalue weighted by molar-refractivity contribution is -0.0174. The van der Waals surface area contributed by atoms with Crippen molar-refractivity contribution in [2.75, 3.05) is 60.3 Å². The molecule has 0 radical (unpaired) electrons. The highest BCUT2D eigenvalue weighted by atomic mass is 16.6. The summed E-state index contributed by atoms with van der Waals surface area (Å²) in [5.74, 6) is 0. The van der Waals surface area contributed by atoms with Crippen LogP contribution >= 0.6 is 0 Å². The summed E-state index contributed by atoms with van der Waals surface area (Å²) < 4.78 is 21.3. The SMILES string of the molecule is CCCC(CNC)OCCOCCOCCOC. The zero-order valence-electron chi connectivity index (χ0n) is 12.1. The van der Waals surface area contributed by atoms with Crippen LogP contribution in [0.25, 0.3) is 0 Å². The maximum atomic E-state index is 5.72. The van der Waals surface area contributed by atoms with E-state index in [4.69, 9.17) is 18.9 Å². The molecule has 0 aliphatic carbocycles. The van der Waals surface area contributed by atoms with E-state index in [-0.39, 0.29) is 0 Å². The molecule has 0 amide bonds. The van der Waals surface area contributed by atoms with E-state index in [0.29, 0.717) is 45.7 Å². The van der Waals surface area contributed by atoms with Gasteiger partial charge in [0.1, 0.15) is 0 Å². The van der Waals surface area contributed by atoms with Crippen molar-refractivity contribution in [1.82, 2.24) is 5.32 Å². The minimum Gasteiger partial charge on any atom is -0.382 e. The van der Waals surface area contributed by atoms with Crippen LogP contribution in [-0.4, -0.2) is 66.4 Å². The number of nitrogens with one attached hydrogen (secondary N) is 1. The highest BCUT2D eigenvalue weighted by Crippen LogP contribution is 2.00. The molecule has 5 heteroatoms. The third-order valence-corrected chi connectivity index (χ3v) is 2.43. The molecule has 0 aliphatic heterocycles. The molecule has 0 heterocycles. The Labute approximate surface area is 111 Å². The fourth-order valence-electron chi connectivity index (χ4n) is 1.53. The van der Waals surface area contributed by atoms with Crippen molar-refractivity contribution in [1.29, 1.82) is 0 Å². The van der Waals surface area contributed by atoms with Crippen molar-refractivity contribution in [2.24, 2.45) is 0 Å². The maximum Gasteiger partial charge on any atom is 0.0704 e. The van der Waals surface area contributed by atoms with Gasteiger partial charge in [-0.25, -0.2) is 0 Å². The molecule has 0 aliphatic rings. The van der Waals surface area contributed by atoms with E-state index in [0.717, 1.165) is 19.4 Å². The number of hydrogen-bond donors (Lipinski definition) is 1. The van der Waals surface area contributed by atoms with E-state index in [1.54, 1.807) is 7.11 Å². The van der Waals surface area contributed by atoms with Crippen LogP contribution in [0.5, 0.6) is 0 Å². The van der Waals surface area contributed by atoms with E-state index in [1.807, 2.05) is 7.05 Å². The van der Waals surface area contributed by atoms with Gasteiger partial charge in [0, 0.05) is 13.7 Å². The molecule has 5 nitrogen and oxygen atoms in total. The molecule has 0 rings (SSSR count). The third-order valence-electron chi connectivity index (χ3n) is 2.43. The standard InChI is InChI=1S/C13H29NO4/c1-4-5-13(12-14-2)18-11-10-17-9-8-16-7-6-15-3/h13-14H,4-12H2,1-3H3. The monoisotopic (exact) mass is 263 g/mol. The van der Waals surface area contributed by atoms with Gasteiger partial charge in [0.25, 0.3) is 0 Å². The summed E-state index contributed by atoms with van der Waals surface area (Å²) in [6.45, 7) is 6.80. The minimum absolute atomic E-state index is 0.293. The molecule has 0 saturated carbocycles. The Balaban J connectivity index is 3.21. The van der Waals surface area contributed by atoms with Gasteiger partial charge in [-0.15, -0.1) is 0 Å². The highest BCUT2D eigenvalue weighted by Gasteiger charge is 2.05. The van der Waals surface area contributed by atoms with Gasteiger partial charge < -0.3 is 24.3 Å². The second-order valence-corrected chi connectivity index (χ2v) is 4.06. The number of likely N-dealkylation sites (N-methyl/N-ethyl adjacent to an activating group) is 1. The molecule has 1 unspecified atom stereocenters. The predicted octanol–water partition coefficient (Wildman–Crippen LogP) is 1.07. The summed E-state index contributed by atoms with van der Waals surface area (Å²) in [5, 5.41) is 3.14. The Morgan fingerprint density at radius 2 is 1.56 bits per heavy atom. The quantitative estimate of drug-likeness (QED) is 0.475. The lowest BCUT2D eigenvalue weighted by atomic mass is 10.2. The zero-order valence-corrected chi connectivity index (χ0v) is 12.1. The van der Waals surface area contributed by atoms with Crippen LogP contribution in [0.2, 0.25) is 0 Å². The third kappa shape index (κ3) is 12.3. The van der Waals surface area contributed by atoms with E-state index in [2.05, 4.69) is 12.2 Å². The topological polar surface area (TPSA) is 49.0 Å². The minimum atomic E-state index is 0.293. The first-order valence-electron chi connectivity index (χ1n) is 6.75. The lowest BCUT2D eigenvalue weighted by Crippen LogP contribution is -2.27. The van der Waals surface area contributed by atoms with Gasteiger partial charge in [0.15, 0.2) is 0 Å². The van der Waals surface area contributed by atoms with Gasteiger partial charge >= 0.3 is 0 Å². The fraction of sp³-hybridized carbons (Fsp3) is 1.00. The van der Waals surface area contributed by atoms with Crippen molar-refractivity contribution in [3.63, 3.8) is 0 Å². The summed E-state index contributed by atoms with van der Waals surface area (Å²) in [5.41, 5.74) is 0. The summed E-state index contributed by atoms with van der Waals surface area (Å²) in [7, 11) is 3.61. The fourth-order valence-corrected chi connectivity index (χ4v) is 1.53. The summed E-state index contributed by atoms with van der Waals surface area (Å²) in [4.78, 5) is 0. The molecule has 1 atom stereocenters. The molecule has 0 aromatic carbocycles. The molecule has 0 bridgehead atoms. The molecule has 1 N–H and O–H groups in total. The van der Waals surface area contributed by atoms with Crippen LogP contribution in [0.4, 0.5) is 0 Å². The van der Waals surface area contributed by atoms with Gasteiger partial charge in [-0.3, -0.25) is 0 Å². The second kappa shape index (κ2) is 14.9. The van der Waals surface area contributed by atoms with Gasteiger partial charge in [-0.1, -0.05) is 13.3 Å². The van der Waals surface area contributed by atoms with E-state index in [1.165, 1.54) is 0 Å². The Morgan fingerprint density at radius 1 is 0.944 bits per heavy atom. The van der Waals surface area contributed by atoms with E-state index in [9.17, 15) is 0 Å². The number of methoxy groups -OCH3 is 1. The summed E-state index contributed by atoms with van der Waals surface area (Å²) >= 11 is 0. The largest absolute Gasteiger partial charge is 0.382 e. The Kier molecular flexibility index (Phi) is 14.7. The van der Waals surface area contributed by atoms with E-state index < -0.39 is 0 Å². The van der Waals surface area contributed by atoms with Crippen LogP contribution in [0.15, 0.2) is 0 Å². The average Bonchev–Trinajstić information content (AvgIpc) is 2.37. The molecule has 0 spiro atoms. The maximum absolute atomic E-state index is 5.72. The number of rotatable bonds is 14. The molecular weight excluding hydrogens is 234 g/mol. The first kappa shape index (κ1) is 17.8.